The zero-order chi connectivity index (χ0) is 11.6. The van der Waals surface area contributed by atoms with Gasteiger partial charge in [0.2, 0.25) is 0 Å². The first-order valence-corrected chi connectivity index (χ1v) is 6.78. The Morgan fingerprint density at radius 2 is 1.60 bits per heavy atom. The van der Waals surface area contributed by atoms with Crippen LogP contribution in [-0.4, -0.2) is 29.3 Å². The molecule has 5 heteroatoms. The second-order valence-corrected chi connectivity index (χ2v) is 5.33. The van der Waals surface area contributed by atoms with Gasteiger partial charge in [0.15, 0.2) is 5.69 Å². The molecule has 0 N–H and O–H groups in total. The molecule has 0 fully saturated rings. The van der Waals surface area contributed by atoms with Crippen molar-refractivity contribution < 1.29 is 9.32 Å². The van der Waals surface area contributed by atoms with Crippen molar-refractivity contribution in [1.29, 1.82) is 0 Å². The van der Waals surface area contributed by atoms with Crippen molar-refractivity contribution in [3.05, 3.63) is 22.8 Å². The Balaban J connectivity index is 3.04. The van der Waals surface area contributed by atoms with Crippen LogP contribution in [0.1, 0.15) is 27.6 Å². The Morgan fingerprint density at radius 1 is 1.07 bits per heavy atom. The first-order chi connectivity index (χ1) is 6.91. The molecule has 0 atom stereocenters. The maximum absolute atomic E-state index is 11.6. The lowest BCUT2D eigenvalue weighted by Crippen LogP contribution is -2.10. The fourth-order valence-electron chi connectivity index (χ4n) is 1.12. The number of rotatable bonds is 2. The summed E-state index contributed by atoms with van der Waals surface area (Å²) in [6.45, 7) is 9.22. The summed E-state index contributed by atoms with van der Waals surface area (Å²) in [7, 11) is -0.710. The van der Waals surface area contributed by atoms with E-state index in [1.165, 1.54) is 0 Å². The summed E-state index contributed by atoms with van der Waals surface area (Å²) in [6, 6.07) is 0. The average molecular weight is 226 g/mol. The largest absolute Gasteiger partial charge is 0.441 e. The fraction of sp³-hybridized carbons (Fsp3) is 0.500. The van der Waals surface area contributed by atoms with E-state index in [0.29, 0.717) is 11.4 Å². The highest BCUT2D eigenvalue weighted by molar-refractivity contribution is 7.51. The van der Waals surface area contributed by atoms with Crippen molar-refractivity contribution in [3.8, 4) is 0 Å². The summed E-state index contributed by atoms with van der Waals surface area (Å²) in [6.07, 6.45) is 0. The van der Waals surface area contributed by atoms with Gasteiger partial charge in [0.05, 0.1) is 25.2 Å². The van der Waals surface area contributed by atoms with E-state index >= 15 is 0 Å². The SMILES string of the molecule is Cc1nc(C)c(C(=O)OP(C)C)nc1C. The monoisotopic (exact) mass is 226 g/mol. The number of hydrogen-bond acceptors (Lipinski definition) is 4. The Hall–Kier alpha value is -1.02. The van der Waals surface area contributed by atoms with E-state index in [0.717, 1.165) is 11.4 Å². The van der Waals surface area contributed by atoms with Crippen LogP contribution in [0.2, 0.25) is 0 Å². The lowest BCUT2D eigenvalue weighted by atomic mass is 10.2. The van der Waals surface area contributed by atoms with Gasteiger partial charge in [-0.25, -0.2) is 9.78 Å². The van der Waals surface area contributed by atoms with Crippen LogP contribution in [0.5, 0.6) is 0 Å². The Morgan fingerprint density at radius 3 is 2.13 bits per heavy atom. The molecule has 0 amide bonds. The summed E-state index contributed by atoms with van der Waals surface area (Å²) in [5.41, 5.74) is 2.57. The lowest BCUT2D eigenvalue weighted by Gasteiger charge is -2.09. The molecule has 1 rings (SSSR count). The van der Waals surface area contributed by atoms with Gasteiger partial charge in [-0.05, 0) is 34.1 Å². The predicted molar refractivity (Wildman–Crippen MR) is 60.4 cm³/mol. The van der Waals surface area contributed by atoms with Crippen molar-refractivity contribution in [3.63, 3.8) is 0 Å². The molecule has 1 heterocycles. The topological polar surface area (TPSA) is 52.1 Å². The predicted octanol–water partition coefficient (Wildman–Crippen LogP) is 2.22. The molecule has 0 saturated heterocycles. The van der Waals surface area contributed by atoms with E-state index in [9.17, 15) is 4.79 Å². The van der Waals surface area contributed by atoms with Crippen LogP contribution in [0.25, 0.3) is 0 Å². The quantitative estimate of drug-likeness (QED) is 0.725. The molecule has 0 aromatic carbocycles. The molecule has 0 aliphatic carbocycles. The molecule has 0 saturated carbocycles. The van der Waals surface area contributed by atoms with Gasteiger partial charge in [0, 0.05) is 0 Å². The Bertz CT molecular complexity index is 391. The number of carbonyl (C=O) groups excluding carboxylic acids is 1. The van der Waals surface area contributed by atoms with Crippen LogP contribution in [0, 0.1) is 20.8 Å². The van der Waals surface area contributed by atoms with Crippen LogP contribution < -0.4 is 0 Å². The van der Waals surface area contributed by atoms with Gasteiger partial charge >= 0.3 is 5.97 Å². The summed E-state index contributed by atoms with van der Waals surface area (Å²) in [4.78, 5) is 20.1. The van der Waals surface area contributed by atoms with Gasteiger partial charge < -0.3 is 4.52 Å². The maximum Gasteiger partial charge on any atom is 0.361 e. The molecule has 1 aromatic heterocycles. The molecule has 1 aromatic rings. The third-order valence-electron chi connectivity index (χ3n) is 1.94. The zero-order valence-corrected chi connectivity index (χ0v) is 10.6. The van der Waals surface area contributed by atoms with E-state index in [2.05, 4.69) is 9.97 Å². The van der Waals surface area contributed by atoms with E-state index in [4.69, 9.17) is 4.52 Å². The van der Waals surface area contributed by atoms with Crippen molar-refractivity contribution >= 4 is 14.1 Å². The van der Waals surface area contributed by atoms with Crippen LogP contribution in [0.4, 0.5) is 0 Å². The highest BCUT2D eigenvalue weighted by atomic mass is 31.1. The van der Waals surface area contributed by atoms with E-state index in [1.54, 1.807) is 6.92 Å². The molecule has 4 nitrogen and oxygen atoms in total. The smallest absolute Gasteiger partial charge is 0.361 e. The first kappa shape index (κ1) is 12.1. The standard InChI is InChI=1S/C10H15N2O2P/c1-6-7(2)12-9(8(3)11-6)10(13)14-15(4)5/h1-5H3. The van der Waals surface area contributed by atoms with Gasteiger partial charge in [0.1, 0.15) is 0 Å². The van der Waals surface area contributed by atoms with Crippen LogP contribution in [0.15, 0.2) is 0 Å². The lowest BCUT2D eigenvalue weighted by molar-refractivity contribution is 0.0749. The minimum absolute atomic E-state index is 0.328. The molecule has 0 spiro atoms. The van der Waals surface area contributed by atoms with Crippen molar-refractivity contribution in [2.45, 2.75) is 20.8 Å². The minimum Gasteiger partial charge on any atom is -0.441 e. The molecule has 15 heavy (non-hydrogen) atoms. The van der Waals surface area contributed by atoms with Crippen LogP contribution >= 0.6 is 8.15 Å². The highest BCUT2D eigenvalue weighted by Crippen LogP contribution is 2.27. The number of carbonyl (C=O) groups is 1. The van der Waals surface area contributed by atoms with Crippen molar-refractivity contribution in [2.24, 2.45) is 0 Å². The van der Waals surface area contributed by atoms with E-state index < -0.39 is 8.15 Å². The van der Waals surface area contributed by atoms with Crippen LogP contribution in [-0.2, 0) is 4.52 Å². The minimum atomic E-state index is -0.710. The molecule has 0 unspecified atom stereocenters. The van der Waals surface area contributed by atoms with Gasteiger partial charge in [-0.15, -0.1) is 0 Å². The van der Waals surface area contributed by atoms with Gasteiger partial charge in [-0.2, -0.15) is 0 Å². The molecule has 0 aliphatic rings. The normalized spacial score (nSPS) is 10.5. The van der Waals surface area contributed by atoms with Crippen LogP contribution in [0.3, 0.4) is 0 Å². The number of hydrogen-bond donors (Lipinski definition) is 0. The molecule has 0 aliphatic heterocycles. The van der Waals surface area contributed by atoms with Crippen molar-refractivity contribution in [1.82, 2.24) is 9.97 Å². The third-order valence-corrected chi connectivity index (χ3v) is 2.47. The maximum atomic E-state index is 11.6. The molecule has 82 valence electrons. The van der Waals surface area contributed by atoms with E-state index in [-0.39, 0.29) is 5.97 Å². The first-order valence-electron chi connectivity index (χ1n) is 4.63. The summed E-state index contributed by atoms with van der Waals surface area (Å²) >= 11 is 0. The summed E-state index contributed by atoms with van der Waals surface area (Å²) in [5, 5.41) is 0. The number of aryl methyl sites for hydroxylation is 3. The Kier molecular flexibility index (Phi) is 3.75. The zero-order valence-electron chi connectivity index (χ0n) is 9.66. The molecule has 0 radical (unpaired) electrons. The fourth-order valence-corrected chi connectivity index (χ4v) is 1.54. The molecule has 0 bridgehead atoms. The number of nitrogens with zero attached hydrogens (tertiary/aromatic N) is 2. The second-order valence-electron chi connectivity index (χ2n) is 3.52. The van der Waals surface area contributed by atoms with Gasteiger partial charge in [-0.1, -0.05) is 0 Å². The molecular weight excluding hydrogens is 211 g/mol. The number of aromatic nitrogens is 2. The third kappa shape index (κ3) is 2.96. The van der Waals surface area contributed by atoms with Gasteiger partial charge in [-0.3, -0.25) is 4.98 Å². The van der Waals surface area contributed by atoms with E-state index in [1.807, 2.05) is 27.2 Å². The van der Waals surface area contributed by atoms with Gasteiger partial charge in [0.25, 0.3) is 0 Å². The second kappa shape index (κ2) is 4.67. The highest BCUT2D eigenvalue weighted by Gasteiger charge is 2.16. The van der Waals surface area contributed by atoms with Crippen molar-refractivity contribution in [2.75, 3.05) is 13.3 Å². The average Bonchev–Trinajstić information content (AvgIpc) is 2.09. The summed E-state index contributed by atoms with van der Waals surface area (Å²) < 4.78 is 5.14. The molecular formula is C10H15N2O2P. The summed E-state index contributed by atoms with van der Waals surface area (Å²) in [5.74, 6) is -0.376. The Labute approximate surface area is 90.9 Å².